The maximum atomic E-state index is 12.5. The third-order valence-electron chi connectivity index (χ3n) is 3.90. The molecule has 0 unspecified atom stereocenters. The topological polar surface area (TPSA) is 57.0 Å². The number of aryl methyl sites for hydroxylation is 3. The molecule has 2 heterocycles. The summed E-state index contributed by atoms with van der Waals surface area (Å²) in [5.41, 5.74) is 2.44. The Morgan fingerprint density at radius 2 is 2.12 bits per heavy atom. The first-order valence-electron chi connectivity index (χ1n) is 7.78. The number of aromatic nitrogens is 3. The lowest BCUT2D eigenvalue weighted by Gasteiger charge is -2.17. The number of esters is 1. The maximum absolute atomic E-state index is 12.5. The number of ether oxygens (including phenoxy) is 1. The van der Waals surface area contributed by atoms with E-state index < -0.39 is 6.10 Å². The highest BCUT2D eigenvalue weighted by atomic mass is 32.1. The Hall–Kier alpha value is -2.47. The van der Waals surface area contributed by atoms with Crippen molar-refractivity contribution >= 4 is 17.5 Å². The average Bonchev–Trinajstić information content (AvgIpc) is 3.20. The van der Waals surface area contributed by atoms with Gasteiger partial charge in [-0.3, -0.25) is 0 Å². The molecule has 1 aromatic carbocycles. The van der Waals surface area contributed by atoms with Crippen LogP contribution >= 0.6 is 11.5 Å². The normalized spacial score (nSPS) is 12.1. The molecule has 0 aliphatic heterocycles. The largest absolute Gasteiger partial charge is 0.451 e. The number of hydrogen-bond donors (Lipinski definition) is 0. The molecular weight excluding hydrogens is 322 g/mol. The fourth-order valence-electron chi connectivity index (χ4n) is 2.55. The second-order valence-electron chi connectivity index (χ2n) is 5.63. The minimum absolute atomic E-state index is 0.345. The summed E-state index contributed by atoms with van der Waals surface area (Å²) in [4.78, 5) is 16.8. The maximum Gasteiger partial charge on any atom is 0.341 e. The van der Waals surface area contributed by atoms with Gasteiger partial charge < -0.3 is 9.30 Å². The summed E-state index contributed by atoms with van der Waals surface area (Å²) < 4.78 is 11.8. The van der Waals surface area contributed by atoms with Crippen molar-refractivity contribution < 1.29 is 9.53 Å². The third-order valence-corrected chi connectivity index (χ3v) is 4.62. The van der Waals surface area contributed by atoms with E-state index in [0.29, 0.717) is 17.7 Å². The van der Waals surface area contributed by atoms with Crippen LogP contribution in [0.15, 0.2) is 48.1 Å². The lowest BCUT2D eigenvalue weighted by molar-refractivity contribution is 0.0249. The lowest BCUT2D eigenvalue weighted by Crippen LogP contribution is -2.16. The van der Waals surface area contributed by atoms with Crippen LogP contribution in [0.1, 0.15) is 40.0 Å². The molecule has 24 heavy (non-hydrogen) atoms. The van der Waals surface area contributed by atoms with Gasteiger partial charge in [-0.25, -0.2) is 9.78 Å². The zero-order valence-electron chi connectivity index (χ0n) is 13.7. The van der Waals surface area contributed by atoms with Crippen LogP contribution in [0.2, 0.25) is 0 Å². The van der Waals surface area contributed by atoms with Gasteiger partial charge in [-0.15, -0.1) is 0 Å². The number of benzene rings is 1. The van der Waals surface area contributed by atoms with Crippen molar-refractivity contribution in [3.05, 3.63) is 70.8 Å². The van der Waals surface area contributed by atoms with E-state index in [9.17, 15) is 4.79 Å². The van der Waals surface area contributed by atoms with Crippen molar-refractivity contribution in [3.63, 3.8) is 0 Å². The van der Waals surface area contributed by atoms with Gasteiger partial charge in [-0.1, -0.05) is 30.3 Å². The highest BCUT2D eigenvalue weighted by Crippen LogP contribution is 2.24. The molecule has 0 fully saturated rings. The van der Waals surface area contributed by atoms with Crippen molar-refractivity contribution in [2.45, 2.75) is 25.9 Å². The summed E-state index contributed by atoms with van der Waals surface area (Å²) in [5, 5.41) is 1.73. The van der Waals surface area contributed by atoms with Crippen LogP contribution in [0, 0.1) is 6.92 Å². The first-order valence-corrected chi connectivity index (χ1v) is 8.62. The van der Waals surface area contributed by atoms with Gasteiger partial charge in [0.1, 0.15) is 5.82 Å². The van der Waals surface area contributed by atoms with Crippen LogP contribution in [-0.2, 0) is 18.2 Å². The number of carbonyl (C=O) groups is 1. The molecule has 6 heteroatoms. The van der Waals surface area contributed by atoms with E-state index in [1.54, 1.807) is 11.6 Å². The van der Waals surface area contributed by atoms with Crippen molar-refractivity contribution in [1.82, 2.24) is 13.9 Å². The Morgan fingerprint density at radius 1 is 1.33 bits per heavy atom. The summed E-state index contributed by atoms with van der Waals surface area (Å²) >= 11 is 1.26. The molecule has 0 bridgehead atoms. The molecule has 0 saturated carbocycles. The summed E-state index contributed by atoms with van der Waals surface area (Å²) in [6.07, 6.45) is 4.67. The molecule has 3 rings (SSSR count). The van der Waals surface area contributed by atoms with Crippen molar-refractivity contribution in [2.24, 2.45) is 7.05 Å². The molecule has 0 N–H and O–H groups in total. The number of nitrogens with zero attached hydrogens (tertiary/aromatic N) is 3. The van der Waals surface area contributed by atoms with Gasteiger partial charge in [0.2, 0.25) is 0 Å². The zero-order chi connectivity index (χ0) is 16.9. The third kappa shape index (κ3) is 3.71. The van der Waals surface area contributed by atoms with Gasteiger partial charge in [0.15, 0.2) is 6.10 Å². The van der Waals surface area contributed by atoms with Crippen LogP contribution in [-0.4, -0.2) is 19.9 Å². The predicted molar refractivity (Wildman–Crippen MR) is 93.0 cm³/mol. The zero-order valence-corrected chi connectivity index (χ0v) is 14.5. The number of carbonyl (C=O) groups excluding carboxylic acids is 1. The van der Waals surface area contributed by atoms with Gasteiger partial charge in [0.05, 0.1) is 11.3 Å². The quantitative estimate of drug-likeness (QED) is 0.641. The average molecular weight is 341 g/mol. The second-order valence-corrected chi connectivity index (χ2v) is 6.26. The standard InChI is InChI=1S/C18H19N3O2S/c1-13-15(12-24-20-13)18(22)23-16(17-19-10-11-21(17)2)9-8-14-6-4-3-5-7-14/h3-7,10-12,16H,8-9H2,1-2H3/t16-/m1/s1. The van der Waals surface area contributed by atoms with Gasteiger partial charge in [0, 0.05) is 24.8 Å². The second kappa shape index (κ2) is 7.40. The highest BCUT2D eigenvalue weighted by molar-refractivity contribution is 7.03. The molecule has 0 spiro atoms. The number of imidazole rings is 1. The molecule has 0 amide bonds. The lowest BCUT2D eigenvalue weighted by atomic mass is 10.1. The van der Waals surface area contributed by atoms with Gasteiger partial charge in [-0.05, 0) is 36.9 Å². The molecule has 1 atom stereocenters. The first-order chi connectivity index (χ1) is 11.6. The Labute approximate surface area is 145 Å². The van der Waals surface area contributed by atoms with E-state index in [1.165, 1.54) is 17.1 Å². The van der Waals surface area contributed by atoms with Crippen molar-refractivity contribution in [3.8, 4) is 0 Å². The Morgan fingerprint density at radius 3 is 2.75 bits per heavy atom. The van der Waals surface area contributed by atoms with Gasteiger partial charge in [0.25, 0.3) is 0 Å². The molecule has 124 valence electrons. The fourth-order valence-corrected chi connectivity index (χ4v) is 3.23. The van der Waals surface area contributed by atoms with Gasteiger partial charge >= 0.3 is 5.97 Å². The molecule has 0 aliphatic carbocycles. The van der Waals surface area contributed by atoms with Crippen LogP contribution < -0.4 is 0 Å². The molecule has 3 aromatic rings. The molecule has 0 radical (unpaired) electrons. The minimum atomic E-state index is -0.392. The molecule has 0 saturated heterocycles. The Balaban J connectivity index is 1.76. The van der Waals surface area contributed by atoms with E-state index in [-0.39, 0.29) is 5.97 Å². The van der Waals surface area contributed by atoms with Crippen LogP contribution in [0.4, 0.5) is 0 Å². The monoisotopic (exact) mass is 341 g/mol. The first kappa shape index (κ1) is 16.4. The van der Waals surface area contributed by atoms with E-state index in [1.807, 2.05) is 42.9 Å². The van der Waals surface area contributed by atoms with Crippen molar-refractivity contribution in [1.29, 1.82) is 0 Å². The highest BCUT2D eigenvalue weighted by Gasteiger charge is 2.23. The molecular formula is C18H19N3O2S. The predicted octanol–water partition coefficient (Wildman–Crippen LogP) is 3.72. The van der Waals surface area contributed by atoms with E-state index >= 15 is 0 Å². The molecule has 5 nitrogen and oxygen atoms in total. The van der Waals surface area contributed by atoms with Crippen molar-refractivity contribution in [2.75, 3.05) is 0 Å². The van der Waals surface area contributed by atoms with E-state index in [2.05, 4.69) is 21.5 Å². The number of hydrogen-bond acceptors (Lipinski definition) is 5. The van der Waals surface area contributed by atoms with Crippen LogP contribution in [0.5, 0.6) is 0 Å². The van der Waals surface area contributed by atoms with Crippen LogP contribution in [0.3, 0.4) is 0 Å². The summed E-state index contributed by atoms with van der Waals surface area (Å²) in [7, 11) is 1.91. The number of rotatable bonds is 6. The van der Waals surface area contributed by atoms with E-state index in [0.717, 1.165) is 12.2 Å². The summed E-state index contributed by atoms with van der Waals surface area (Å²) in [6, 6.07) is 10.2. The smallest absolute Gasteiger partial charge is 0.341 e. The minimum Gasteiger partial charge on any atom is -0.451 e. The Kier molecular flexibility index (Phi) is 5.05. The molecule has 2 aromatic heterocycles. The van der Waals surface area contributed by atoms with E-state index in [4.69, 9.17) is 4.74 Å². The van der Waals surface area contributed by atoms with Gasteiger partial charge in [-0.2, -0.15) is 4.37 Å². The summed E-state index contributed by atoms with van der Waals surface area (Å²) in [5.74, 6) is 0.405. The van der Waals surface area contributed by atoms with Crippen LogP contribution in [0.25, 0.3) is 0 Å². The fraction of sp³-hybridized carbons (Fsp3) is 0.278. The SMILES string of the molecule is Cc1nscc1C(=O)O[C@H](CCc1ccccc1)c1nccn1C. The Bertz CT molecular complexity index is 811. The summed E-state index contributed by atoms with van der Waals surface area (Å²) in [6.45, 7) is 1.81. The molecule has 0 aliphatic rings.